The van der Waals surface area contributed by atoms with E-state index in [-0.39, 0.29) is 12.5 Å². The molecule has 5 nitrogen and oxygen atoms in total. The Morgan fingerprint density at radius 3 is 2.72 bits per heavy atom. The zero-order valence-electron chi connectivity index (χ0n) is 15.8. The lowest BCUT2D eigenvalue weighted by Crippen LogP contribution is -2.40. The number of nitrogens with one attached hydrogen (secondary N) is 2. The predicted molar refractivity (Wildman–Crippen MR) is 104 cm³/mol. The van der Waals surface area contributed by atoms with Crippen molar-refractivity contribution >= 4 is 11.9 Å². The van der Waals surface area contributed by atoms with Gasteiger partial charge in [-0.25, -0.2) is 4.99 Å². The van der Waals surface area contributed by atoms with Gasteiger partial charge in [0.25, 0.3) is 0 Å². The van der Waals surface area contributed by atoms with Gasteiger partial charge < -0.3 is 15.5 Å². The molecule has 5 heteroatoms. The van der Waals surface area contributed by atoms with Gasteiger partial charge in [0, 0.05) is 26.2 Å². The second kappa shape index (κ2) is 10.1. The summed E-state index contributed by atoms with van der Waals surface area (Å²) in [6.07, 6.45) is 3.23. The molecule has 0 saturated carbocycles. The summed E-state index contributed by atoms with van der Waals surface area (Å²) in [6.45, 7) is 9.85. The summed E-state index contributed by atoms with van der Waals surface area (Å²) < 4.78 is 0. The number of hydrogen-bond acceptors (Lipinski definition) is 2. The first-order valence-corrected chi connectivity index (χ1v) is 9.47. The van der Waals surface area contributed by atoms with Crippen LogP contribution in [0.3, 0.4) is 0 Å². The van der Waals surface area contributed by atoms with Crippen molar-refractivity contribution < 1.29 is 4.79 Å². The van der Waals surface area contributed by atoms with E-state index >= 15 is 0 Å². The van der Waals surface area contributed by atoms with Crippen molar-refractivity contribution in [2.75, 3.05) is 26.2 Å². The van der Waals surface area contributed by atoms with Crippen LogP contribution in [-0.4, -0.2) is 42.9 Å². The molecular weight excluding hydrogens is 312 g/mol. The van der Waals surface area contributed by atoms with Gasteiger partial charge in [0.1, 0.15) is 6.54 Å². The quantitative estimate of drug-likeness (QED) is 0.454. The first-order chi connectivity index (χ1) is 12.1. The van der Waals surface area contributed by atoms with Gasteiger partial charge in [0.2, 0.25) is 5.91 Å². The number of nitrogens with zero attached hydrogens (tertiary/aromatic N) is 2. The van der Waals surface area contributed by atoms with Crippen molar-refractivity contribution in [3.8, 4) is 0 Å². The highest BCUT2D eigenvalue weighted by Gasteiger charge is 2.19. The average molecular weight is 345 g/mol. The van der Waals surface area contributed by atoms with E-state index in [9.17, 15) is 4.79 Å². The van der Waals surface area contributed by atoms with Crippen LogP contribution in [0.25, 0.3) is 0 Å². The van der Waals surface area contributed by atoms with Gasteiger partial charge >= 0.3 is 0 Å². The molecule has 0 atom stereocenters. The summed E-state index contributed by atoms with van der Waals surface area (Å²) in [4.78, 5) is 18.9. The normalized spacial score (nSPS) is 14.4. The summed E-state index contributed by atoms with van der Waals surface area (Å²) in [5.74, 6) is 1.54. The minimum atomic E-state index is 0.0916. The number of benzene rings is 1. The van der Waals surface area contributed by atoms with Crippen LogP contribution in [-0.2, 0) is 17.8 Å². The van der Waals surface area contributed by atoms with E-state index in [1.165, 1.54) is 17.5 Å². The van der Waals surface area contributed by atoms with Crippen LogP contribution in [0, 0.1) is 5.92 Å². The van der Waals surface area contributed by atoms with Crippen molar-refractivity contribution in [1.82, 2.24) is 15.5 Å². The Hall–Kier alpha value is -2.04. The largest absolute Gasteiger partial charge is 0.357 e. The molecule has 1 aromatic rings. The Morgan fingerprint density at radius 1 is 1.24 bits per heavy atom. The summed E-state index contributed by atoms with van der Waals surface area (Å²) in [5, 5.41) is 6.53. The van der Waals surface area contributed by atoms with Crippen molar-refractivity contribution in [3.05, 3.63) is 35.4 Å². The molecule has 1 amide bonds. The van der Waals surface area contributed by atoms with Gasteiger partial charge in [-0.05, 0) is 43.2 Å². The standard InChI is InChI=1S/C20H32N4O/c1-4-21-20(22-12-7-8-16(2)3)23-14-19(25)24-13-11-17-9-5-6-10-18(17)15-24/h5-6,9-10,16H,4,7-8,11-15H2,1-3H3,(H2,21,22,23). The van der Waals surface area contributed by atoms with Gasteiger partial charge in [-0.15, -0.1) is 0 Å². The number of guanidine groups is 1. The fourth-order valence-corrected chi connectivity index (χ4v) is 3.01. The summed E-state index contributed by atoms with van der Waals surface area (Å²) >= 11 is 0. The van der Waals surface area contributed by atoms with Crippen LogP contribution in [0.2, 0.25) is 0 Å². The molecule has 25 heavy (non-hydrogen) atoms. The van der Waals surface area contributed by atoms with Crippen LogP contribution in [0.4, 0.5) is 0 Å². The Bertz CT molecular complexity index is 583. The number of hydrogen-bond donors (Lipinski definition) is 2. The van der Waals surface area contributed by atoms with E-state index in [1.807, 2.05) is 17.9 Å². The predicted octanol–water partition coefficient (Wildman–Crippen LogP) is 2.56. The number of fused-ring (bicyclic) bond motifs is 1. The molecule has 138 valence electrons. The Labute approximate surface area is 151 Å². The first kappa shape index (κ1) is 19.3. The SMILES string of the molecule is CCNC(=NCC(=O)N1CCc2ccccc2C1)NCCCC(C)C. The maximum atomic E-state index is 12.5. The molecule has 0 unspecified atom stereocenters. The minimum absolute atomic E-state index is 0.0916. The van der Waals surface area contributed by atoms with Crippen molar-refractivity contribution in [2.24, 2.45) is 10.9 Å². The molecule has 0 spiro atoms. The maximum absolute atomic E-state index is 12.5. The van der Waals surface area contributed by atoms with Crippen molar-refractivity contribution in [1.29, 1.82) is 0 Å². The smallest absolute Gasteiger partial charge is 0.244 e. The molecule has 0 bridgehead atoms. The second-order valence-electron chi connectivity index (χ2n) is 6.99. The third-order valence-electron chi connectivity index (χ3n) is 4.45. The monoisotopic (exact) mass is 344 g/mol. The summed E-state index contributed by atoms with van der Waals surface area (Å²) in [6, 6.07) is 8.36. The van der Waals surface area contributed by atoms with Crippen LogP contribution in [0.1, 0.15) is 44.7 Å². The Morgan fingerprint density at radius 2 is 2.00 bits per heavy atom. The third kappa shape index (κ3) is 6.40. The zero-order chi connectivity index (χ0) is 18.1. The second-order valence-corrected chi connectivity index (χ2v) is 6.99. The van der Waals surface area contributed by atoms with E-state index in [1.54, 1.807) is 0 Å². The first-order valence-electron chi connectivity index (χ1n) is 9.47. The third-order valence-corrected chi connectivity index (χ3v) is 4.45. The van der Waals surface area contributed by atoms with Gasteiger partial charge in [0.05, 0.1) is 0 Å². The van der Waals surface area contributed by atoms with E-state index in [0.717, 1.165) is 38.4 Å². The number of carbonyl (C=O) groups excluding carboxylic acids is 1. The summed E-state index contributed by atoms with van der Waals surface area (Å²) in [5.41, 5.74) is 2.61. The highest BCUT2D eigenvalue weighted by molar-refractivity contribution is 5.85. The Balaban J connectivity index is 1.83. The number of rotatable bonds is 7. The van der Waals surface area contributed by atoms with E-state index in [4.69, 9.17) is 0 Å². The molecule has 0 radical (unpaired) electrons. The molecular formula is C20H32N4O. The van der Waals surface area contributed by atoms with Gasteiger partial charge in [-0.1, -0.05) is 38.1 Å². The molecule has 2 rings (SSSR count). The van der Waals surface area contributed by atoms with Crippen LogP contribution < -0.4 is 10.6 Å². The lowest BCUT2D eigenvalue weighted by atomic mass is 10.00. The Kier molecular flexibility index (Phi) is 7.76. The molecule has 1 aliphatic rings. The van der Waals surface area contributed by atoms with Crippen molar-refractivity contribution in [3.63, 3.8) is 0 Å². The topological polar surface area (TPSA) is 56.7 Å². The molecule has 0 fully saturated rings. The van der Waals surface area contributed by atoms with E-state index < -0.39 is 0 Å². The molecule has 2 N–H and O–H groups in total. The zero-order valence-corrected chi connectivity index (χ0v) is 15.8. The lowest BCUT2D eigenvalue weighted by molar-refractivity contribution is -0.130. The van der Waals surface area contributed by atoms with E-state index in [0.29, 0.717) is 12.5 Å². The van der Waals surface area contributed by atoms with Gasteiger partial charge in [0.15, 0.2) is 5.96 Å². The molecule has 0 saturated heterocycles. The van der Waals surface area contributed by atoms with Gasteiger partial charge in [-0.3, -0.25) is 4.79 Å². The molecule has 0 aromatic heterocycles. The highest BCUT2D eigenvalue weighted by atomic mass is 16.2. The van der Waals surface area contributed by atoms with Crippen LogP contribution in [0.5, 0.6) is 0 Å². The van der Waals surface area contributed by atoms with Gasteiger partial charge in [-0.2, -0.15) is 0 Å². The lowest BCUT2D eigenvalue weighted by Gasteiger charge is -2.28. The number of carbonyl (C=O) groups is 1. The number of aliphatic imine (C=N–C) groups is 1. The molecule has 0 aliphatic carbocycles. The van der Waals surface area contributed by atoms with Crippen LogP contribution in [0.15, 0.2) is 29.3 Å². The van der Waals surface area contributed by atoms with E-state index in [2.05, 4.69) is 47.7 Å². The molecule has 1 aliphatic heterocycles. The number of amides is 1. The fraction of sp³-hybridized carbons (Fsp3) is 0.600. The minimum Gasteiger partial charge on any atom is -0.357 e. The fourth-order valence-electron chi connectivity index (χ4n) is 3.01. The maximum Gasteiger partial charge on any atom is 0.244 e. The van der Waals surface area contributed by atoms with Crippen molar-refractivity contribution in [2.45, 2.75) is 46.6 Å². The average Bonchev–Trinajstić information content (AvgIpc) is 2.62. The highest BCUT2D eigenvalue weighted by Crippen LogP contribution is 2.18. The van der Waals surface area contributed by atoms with Crippen LogP contribution >= 0.6 is 0 Å². The molecule has 1 heterocycles. The molecule has 1 aromatic carbocycles. The summed E-state index contributed by atoms with van der Waals surface area (Å²) in [7, 11) is 0.